The molecule has 1 aromatic heterocycles. The molecule has 0 fully saturated rings. The third-order valence-electron chi connectivity index (χ3n) is 4.04. The van der Waals surface area contributed by atoms with Crippen LogP contribution in [-0.4, -0.2) is 15.9 Å². The lowest BCUT2D eigenvalue weighted by molar-refractivity contribution is 0.104. The van der Waals surface area contributed by atoms with Crippen LogP contribution >= 0.6 is 0 Å². The van der Waals surface area contributed by atoms with Crippen molar-refractivity contribution >= 4 is 22.6 Å². The number of aromatic hydroxyl groups is 1. The Labute approximate surface area is 127 Å². The van der Waals surface area contributed by atoms with E-state index < -0.39 is 0 Å². The molecule has 2 aromatic carbocycles. The summed E-state index contributed by atoms with van der Waals surface area (Å²) in [5.41, 5.74) is 3.24. The van der Waals surface area contributed by atoms with Crippen LogP contribution in [0, 0.1) is 0 Å². The first-order chi connectivity index (χ1) is 10.7. The molecule has 0 aliphatic heterocycles. The number of aromatic nitrogens is 1. The summed E-state index contributed by atoms with van der Waals surface area (Å²) in [5, 5.41) is 11.7. The molecule has 0 spiro atoms. The molecule has 1 aliphatic rings. The van der Waals surface area contributed by atoms with Gasteiger partial charge in [0.15, 0.2) is 5.78 Å². The van der Waals surface area contributed by atoms with E-state index in [1.54, 1.807) is 18.3 Å². The van der Waals surface area contributed by atoms with Gasteiger partial charge in [-0.25, -0.2) is 0 Å². The van der Waals surface area contributed by atoms with E-state index in [0.29, 0.717) is 12.0 Å². The van der Waals surface area contributed by atoms with Crippen molar-refractivity contribution in [1.29, 1.82) is 0 Å². The molecule has 1 aliphatic carbocycles. The first kappa shape index (κ1) is 12.8. The number of rotatable bonds is 1. The lowest BCUT2D eigenvalue weighted by Gasteiger charge is -2.02. The molecule has 1 heterocycles. The van der Waals surface area contributed by atoms with Gasteiger partial charge in [-0.05, 0) is 29.2 Å². The number of Topliss-reactive ketones (excluding diaryl/α,β-unsaturated/α-hetero) is 1. The molecule has 0 bridgehead atoms. The fraction of sp³-hybridized carbons (Fsp3) is 0.0526. The van der Waals surface area contributed by atoms with Gasteiger partial charge in [-0.2, -0.15) is 0 Å². The van der Waals surface area contributed by atoms with Gasteiger partial charge in [0.1, 0.15) is 5.75 Å². The highest BCUT2D eigenvalue weighted by Gasteiger charge is 2.25. The second-order valence-electron chi connectivity index (χ2n) is 5.47. The molecule has 0 amide bonds. The van der Waals surface area contributed by atoms with E-state index in [1.807, 2.05) is 42.6 Å². The summed E-state index contributed by atoms with van der Waals surface area (Å²) >= 11 is 0. The van der Waals surface area contributed by atoms with Crippen LogP contribution in [0.1, 0.15) is 21.5 Å². The van der Waals surface area contributed by atoms with Gasteiger partial charge in [0.25, 0.3) is 0 Å². The number of phenols is 1. The minimum absolute atomic E-state index is 0.0150. The Morgan fingerprint density at radius 2 is 1.95 bits per heavy atom. The summed E-state index contributed by atoms with van der Waals surface area (Å²) in [4.78, 5) is 16.7. The molecular formula is C19H13NO2. The third-order valence-corrected chi connectivity index (χ3v) is 4.04. The van der Waals surface area contributed by atoms with Crippen LogP contribution in [0.4, 0.5) is 0 Å². The van der Waals surface area contributed by atoms with Crippen molar-refractivity contribution in [2.75, 3.05) is 0 Å². The van der Waals surface area contributed by atoms with Crippen molar-refractivity contribution in [3.8, 4) is 5.75 Å². The standard InChI is InChI=1S/C19H13NO2/c21-16-6-5-12-7-14(19(22)18(12)9-16)8-15-11-20-10-13-3-1-2-4-17(13)15/h1-6,8-11,21H,7H2/b14-8+. The minimum Gasteiger partial charge on any atom is -0.508 e. The van der Waals surface area contributed by atoms with Crippen LogP contribution in [0.5, 0.6) is 5.75 Å². The minimum atomic E-state index is -0.0150. The molecule has 3 heteroatoms. The van der Waals surface area contributed by atoms with Gasteiger partial charge in [-0.1, -0.05) is 30.3 Å². The van der Waals surface area contributed by atoms with Crippen molar-refractivity contribution in [2.45, 2.75) is 6.42 Å². The monoisotopic (exact) mass is 287 g/mol. The van der Waals surface area contributed by atoms with Crippen LogP contribution in [0.2, 0.25) is 0 Å². The van der Waals surface area contributed by atoms with Gasteiger partial charge in [-0.3, -0.25) is 9.78 Å². The lowest BCUT2D eigenvalue weighted by atomic mass is 10.0. The van der Waals surface area contributed by atoms with Gasteiger partial charge >= 0.3 is 0 Å². The molecule has 3 nitrogen and oxygen atoms in total. The Morgan fingerprint density at radius 3 is 2.86 bits per heavy atom. The van der Waals surface area contributed by atoms with Crippen LogP contribution in [0.15, 0.2) is 60.4 Å². The normalized spacial score (nSPS) is 15.5. The number of allylic oxidation sites excluding steroid dienone is 1. The molecule has 0 radical (unpaired) electrons. The highest BCUT2D eigenvalue weighted by atomic mass is 16.3. The molecule has 106 valence electrons. The van der Waals surface area contributed by atoms with Gasteiger partial charge in [0.2, 0.25) is 0 Å². The maximum atomic E-state index is 12.5. The lowest BCUT2D eigenvalue weighted by Crippen LogP contribution is -1.95. The van der Waals surface area contributed by atoms with Gasteiger partial charge < -0.3 is 5.11 Å². The van der Waals surface area contributed by atoms with Crippen LogP contribution in [0.3, 0.4) is 0 Å². The first-order valence-corrected chi connectivity index (χ1v) is 7.12. The number of pyridine rings is 1. The number of hydrogen-bond acceptors (Lipinski definition) is 3. The van der Waals surface area contributed by atoms with Crippen molar-refractivity contribution in [2.24, 2.45) is 0 Å². The van der Waals surface area contributed by atoms with Crippen LogP contribution in [0.25, 0.3) is 16.8 Å². The zero-order chi connectivity index (χ0) is 15.1. The number of carbonyl (C=O) groups is 1. The van der Waals surface area contributed by atoms with Crippen molar-refractivity contribution in [3.63, 3.8) is 0 Å². The quantitative estimate of drug-likeness (QED) is 0.693. The summed E-state index contributed by atoms with van der Waals surface area (Å²) in [7, 11) is 0. The van der Waals surface area contributed by atoms with Crippen LogP contribution in [-0.2, 0) is 6.42 Å². The van der Waals surface area contributed by atoms with E-state index in [0.717, 1.165) is 27.5 Å². The molecule has 1 N–H and O–H groups in total. The first-order valence-electron chi connectivity index (χ1n) is 7.12. The van der Waals surface area contributed by atoms with E-state index in [-0.39, 0.29) is 11.5 Å². The highest BCUT2D eigenvalue weighted by Crippen LogP contribution is 2.31. The maximum absolute atomic E-state index is 12.5. The van der Waals surface area contributed by atoms with E-state index in [4.69, 9.17) is 0 Å². The Kier molecular flexibility index (Phi) is 2.79. The number of benzene rings is 2. The Morgan fingerprint density at radius 1 is 1.09 bits per heavy atom. The van der Waals surface area contributed by atoms with E-state index in [2.05, 4.69) is 4.98 Å². The Balaban J connectivity index is 1.83. The summed E-state index contributed by atoms with van der Waals surface area (Å²) in [5.74, 6) is 0.110. The van der Waals surface area contributed by atoms with Crippen molar-refractivity contribution < 1.29 is 9.90 Å². The second kappa shape index (κ2) is 4.81. The van der Waals surface area contributed by atoms with E-state index >= 15 is 0 Å². The third kappa shape index (κ3) is 1.99. The summed E-state index contributed by atoms with van der Waals surface area (Å²) in [6.07, 6.45) is 6.11. The second-order valence-corrected chi connectivity index (χ2v) is 5.47. The zero-order valence-corrected chi connectivity index (χ0v) is 11.8. The van der Waals surface area contributed by atoms with Gasteiger partial charge in [0, 0.05) is 40.9 Å². The number of carbonyl (C=O) groups excluding carboxylic acids is 1. The summed E-state index contributed by atoms with van der Waals surface area (Å²) in [6, 6.07) is 13.0. The Bertz CT molecular complexity index is 936. The zero-order valence-electron chi connectivity index (χ0n) is 11.8. The molecule has 0 saturated heterocycles. The highest BCUT2D eigenvalue weighted by molar-refractivity contribution is 6.16. The number of fused-ring (bicyclic) bond motifs is 2. The van der Waals surface area contributed by atoms with E-state index in [9.17, 15) is 9.90 Å². The summed E-state index contributed by atoms with van der Waals surface area (Å²) in [6.45, 7) is 0. The van der Waals surface area contributed by atoms with Gasteiger partial charge in [-0.15, -0.1) is 0 Å². The predicted octanol–water partition coefficient (Wildman–Crippen LogP) is 3.76. The molecule has 0 atom stereocenters. The number of ketones is 1. The summed E-state index contributed by atoms with van der Waals surface area (Å²) < 4.78 is 0. The molecule has 3 aromatic rings. The Hall–Kier alpha value is -2.94. The number of phenolic OH excluding ortho intramolecular Hbond substituents is 1. The molecule has 0 unspecified atom stereocenters. The van der Waals surface area contributed by atoms with Crippen molar-refractivity contribution in [3.05, 3.63) is 77.1 Å². The average molecular weight is 287 g/mol. The average Bonchev–Trinajstić information content (AvgIpc) is 2.84. The smallest absolute Gasteiger partial charge is 0.189 e. The molecule has 22 heavy (non-hydrogen) atoms. The topological polar surface area (TPSA) is 50.2 Å². The number of hydrogen-bond donors (Lipinski definition) is 1. The molecular weight excluding hydrogens is 274 g/mol. The SMILES string of the molecule is O=C1/C(=C/c2cncc3ccccc23)Cc2ccc(O)cc21. The largest absolute Gasteiger partial charge is 0.508 e. The predicted molar refractivity (Wildman–Crippen MR) is 85.9 cm³/mol. The van der Waals surface area contributed by atoms with Gasteiger partial charge in [0.05, 0.1) is 0 Å². The van der Waals surface area contributed by atoms with Crippen LogP contribution < -0.4 is 0 Å². The number of nitrogens with zero attached hydrogens (tertiary/aromatic N) is 1. The van der Waals surface area contributed by atoms with Crippen molar-refractivity contribution in [1.82, 2.24) is 4.98 Å². The van der Waals surface area contributed by atoms with E-state index in [1.165, 1.54) is 0 Å². The maximum Gasteiger partial charge on any atom is 0.189 e. The fourth-order valence-electron chi connectivity index (χ4n) is 2.95. The molecule has 0 saturated carbocycles. The fourth-order valence-corrected chi connectivity index (χ4v) is 2.95. The molecule has 4 rings (SSSR count).